The van der Waals surface area contributed by atoms with E-state index in [1.54, 1.807) is 6.20 Å². The van der Waals surface area contributed by atoms with E-state index in [0.717, 1.165) is 0 Å². The van der Waals surface area contributed by atoms with Gasteiger partial charge in [-0.3, -0.25) is 0 Å². The lowest BCUT2D eigenvalue weighted by atomic mass is 10.4. The molecule has 0 radical (unpaired) electrons. The number of anilines is 1. The lowest BCUT2D eigenvalue weighted by Crippen LogP contribution is -2.32. The van der Waals surface area contributed by atoms with Crippen molar-refractivity contribution in [2.75, 3.05) is 44.4 Å². The van der Waals surface area contributed by atoms with E-state index in [1.807, 2.05) is 18.7 Å². The Labute approximate surface area is 122 Å². The average Bonchev–Trinajstić information content (AvgIpc) is 2.38. The number of hydrogen-bond acceptors (Lipinski definition) is 4. The van der Waals surface area contributed by atoms with Crippen LogP contribution in [-0.2, 0) is 9.47 Å². The van der Waals surface area contributed by atoms with E-state index in [1.165, 1.54) is 6.07 Å². The molecule has 1 heterocycles. The SMILES string of the molecule is CCOCCN(CCOCC)c1ncc(Br)cc1F. The highest BCUT2D eigenvalue weighted by atomic mass is 79.9. The Morgan fingerprint density at radius 2 is 1.79 bits per heavy atom. The van der Waals surface area contributed by atoms with Gasteiger partial charge in [0.1, 0.15) is 0 Å². The van der Waals surface area contributed by atoms with Gasteiger partial charge in [0, 0.05) is 37.0 Å². The van der Waals surface area contributed by atoms with Crippen LogP contribution in [0.25, 0.3) is 0 Å². The van der Waals surface area contributed by atoms with Gasteiger partial charge < -0.3 is 14.4 Å². The number of halogens is 2. The molecular formula is C13H20BrFN2O2. The summed E-state index contributed by atoms with van der Waals surface area (Å²) >= 11 is 3.20. The normalized spacial score (nSPS) is 10.7. The Kier molecular flexibility index (Phi) is 7.93. The van der Waals surface area contributed by atoms with Gasteiger partial charge in [0.25, 0.3) is 0 Å². The molecule has 0 fully saturated rings. The minimum Gasteiger partial charge on any atom is -0.380 e. The second-order valence-corrected chi connectivity index (χ2v) is 4.76. The molecule has 1 aromatic heterocycles. The molecule has 0 aliphatic rings. The molecule has 0 aromatic carbocycles. The van der Waals surface area contributed by atoms with Gasteiger partial charge in [-0.15, -0.1) is 0 Å². The number of aromatic nitrogens is 1. The zero-order chi connectivity index (χ0) is 14.1. The summed E-state index contributed by atoms with van der Waals surface area (Å²) in [5, 5.41) is 0. The summed E-state index contributed by atoms with van der Waals surface area (Å²) in [4.78, 5) is 5.97. The number of hydrogen-bond donors (Lipinski definition) is 0. The molecule has 0 saturated heterocycles. The highest BCUT2D eigenvalue weighted by Gasteiger charge is 2.13. The molecule has 6 heteroatoms. The van der Waals surface area contributed by atoms with Crippen LogP contribution in [0.15, 0.2) is 16.7 Å². The Bertz CT molecular complexity index is 370. The van der Waals surface area contributed by atoms with E-state index in [0.29, 0.717) is 49.8 Å². The van der Waals surface area contributed by atoms with Crippen LogP contribution in [-0.4, -0.2) is 44.5 Å². The van der Waals surface area contributed by atoms with E-state index in [4.69, 9.17) is 9.47 Å². The molecule has 0 saturated carbocycles. The number of rotatable bonds is 9. The minimum atomic E-state index is -0.345. The fourth-order valence-corrected chi connectivity index (χ4v) is 1.91. The van der Waals surface area contributed by atoms with Crippen molar-refractivity contribution in [2.45, 2.75) is 13.8 Å². The van der Waals surface area contributed by atoms with Crippen LogP contribution >= 0.6 is 15.9 Å². The number of nitrogens with zero attached hydrogens (tertiary/aromatic N) is 2. The van der Waals surface area contributed by atoms with Crippen molar-refractivity contribution in [3.63, 3.8) is 0 Å². The first-order chi connectivity index (χ1) is 9.19. The first kappa shape index (κ1) is 16.3. The molecule has 0 aliphatic carbocycles. The third-order valence-corrected chi connectivity index (χ3v) is 2.94. The summed E-state index contributed by atoms with van der Waals surface area (Å²) in [5.74, 6) is -0.00928. The van der Waals surface area contributed by atoms with Gasteiger partial charge in [-0.1, -0.05) is 0 Å². The van der Waals surface area contributed by atoms with Gasteiger partial charge in [0.05, 0.1) is 13.2 Å². The first-order valence-corrected chi connectivity index (χ1v) is 7.19. The molecular weight excluding hydrogens is 315 g/mol. The van der Waals surface area contributed by atoms with Gasteiger partial charge in [0.2, 0.25) is 0 Å². The largest absolute Gasteiger partial charge is 0.380 e. The smallest absolute Gasteiger partial charge is 0.166 e. The molecule has 0 N–H and O–H groups in total. The first-order valence-electron chi connectivity index (χ1n) is 6.40. The number of pyridine rings is 1. The van der Waals surface area contributed by atoms with Crippen LogP contribution in [0, 0.1) is 5.82 Å². The molecule has 0 aliphatic heterocycles. The van der Waals surface area contributed by atoms with Gasteiger partial charge in [0.15, 0.2) is 11.6 Å². The molecule has 0 unspecified atom stereocenters. The zero-order valence-corrected chi connectivity index (χ0v) is 13.0. The van der Waals surface area contributed by atoms with Crippen LogP contribution < -0.4 is 4.90 Å². The van der Waals surface area contributed by atoms with Crippen LogP contribution in [0.2, 0.25) is 0 Å². The van der Waals surface area contributed by atoms with Crippen molar-refractivity contribution in [1.29, 1.82) is 0 Å². The van der Waals surface area contributed by atoms with Gasteiger partial charge in [-0.05, 0) is 35.8 Å². The predicted molar refractivity (Wildman–Crippen MR) is 77.1 cm³/mol. The molecule has 19 heavy (non-hydrogen) atoms. The summed E-state index contributed by atoms with van der Waals surface area (Å²) in [6, 6.07) is 1.41. The van der Waals surface area contributed by atoms with Crippen LogP contribution in [0.5, 0.6) is 0 Å². The monoisotopic (exact) mass is 334 g/mol. The van der Waals surface area contributed by atoms with E-state index < -0.39 is 0 Å². The van der Waals surface area contributed by atoms with E-state index in [9.17, 15) is 4.39 Å². The van der Waals surface area contributed by atoms with Crippen molar-refractivity contribution >= 4 is 21.7 Å². The third kappa shape index (κ3) is 5.84. The van der Waals surface area contributed by atoms with Crippen LogP contribution in [0.1, 0.15) is 13.8 Å². The summed E-state index contributed by atoms with van der Waals surface area (Å²) in [5.41, 5.74) is 0. The molecule has 0 bridgehead atoms. The highest BCUT2D eigenvalue weighted by molar-refractivity contribution is 9.10. The average molecular weight is 335 g/mol. The minimum absolute atomic E-state index is 0.336. The van der Waals surface area contributed by atoms with Gasteiger partial charge in [-0.25, -0.2) is 9.37 Å². The molecule has 1 aromatic rings. The lowest BCUT2D eigenvalue weighted by molar-refractivity contribution is 0.141. The highest BCUT2D eigenvalue weighted by Crippen LogP contribution is 2.19. The maximum Gasteiger partial charge on any atom is 0.166 e. The van der Waals surface area contributed by atoms with Crippen molar-refractivity contribution < 1.29 is 13.9 Å². The van der Waals surface area contributed by atoms with Crippen molar-refractivity contribution in [3.05, 3.63) is 22.6 Å². The Hall–Kier alpha value is -0.720. The summed E-state index contributed by atoms with van der Waals surface area (Å²) in [7, 11) is 0. The number of ether oxygens (including phenoxy) is 2. The van der Waals surface area contributed by atoms with Gasteiger partial charge >= 0.3 is 0 Å². The molecule has 108 valence electrons. The summed E-state index contributed by atoms with van der Waals surface area (Å²) < 4.78 is 25.2. The third-order valence-electron chi connectivity index (χ3n) is 2.51. The molecule has 1 rings (SSSR count). The second-order valence-electron chi connectivity index (χ2n) is 3.84. The molecule has 4 nitrogen and oxygen atoms in total. The van der Waals surface area contributed by atoms with Crippen molar-refractivity contribution in [2.24, 2.45) is 0 Å². The van der Waals surface area contributed by atoms with Crippen molar-refractivity contribution in [1.82, 2.24) is 4.98 Å². The topological polar surface area (TPSA) is 34.6 Å². The molecule has 0 atom stereocenters. The van der Waals surface area contributed by atoms with E-state index >= 15 is 0 Å². The Morgan fingerprint density at radius 3 is 2.26 bits per heavy atom. The second kappa shape index (κ2) is 9.23. The molecule has 0 amide bonds. The lowest BCUT2D eigenvalue weighted by Gasteiger charge is -2.23. The Balaban J connectivity index is 2.69. The van der Waals surface area contributed by atoms with Crippen molar-refractivity contribution in [3.8, 4) is 0 Å². The fourth-order valence-electron chi connectivity index (χ4n) is 1.60. The van der Waals surface area contributed by atoms with Crippen LogP contribution in [0.3, 0.4) is 0 Å². The quantitative estimate of drug-likeness (QED) is 0.650. The standard InChI is InChI=1S/C13H20BrFN2O2/c1-3-18-7-5-17(6-8-19-4-2)13-12(15)9-11(14)10-16-13/h9-10H,3-8H2,1-2H3. The molecule has 0 spiro atoms. The Morgan fingerprint density at radius 1 is 1.21 bits per heavy atom. The summed E-state index contributed by atoms with van der Waals surface area (Å²) in [6.07, 6.45) is 1.59. The zero-order valence-electron chi connectivity index (χ0n) is 11.4. The predicted octanol–water partition coefficient (Wildman–Crippen LogP) is 2.86. The fraction of sp³-hybridized carbons (Fsp3) is 0.615. The maximum absolute atomic E-state index is 13.9. The van der Waals surface area contributed by atoms with E-state index in [2.05, 4.69) is 20.9 Å². The summed E-state index contributed by atoms with van der Waals surface area (Å²) in [6.45, 7) is 7.43. The van der Waals surface area contributed by atoms with E-state index in [-0.39, 0.29) is 5.82 Å². The van der Waals surface area contributed by atoms with Gasteiger partial charge in [-0.2, -0.15) is 0 Å². The van der Waals surface area contributed by atoms with Crippen LogP contribution in [0.4, 0.5) is 10.2 Å². The maximum atomic E-state index is 13.9.